The Kier molecular flexibility index (Phi) is 6.69. The molecule has 1 aliphatic rings. The van der Waals surface area contributed by atoms with Crippen molar-refractivity contribution >= 4 is 34.9 Å². The first-order valence-corrected chi connectivity index (χ1v) is 9.68. The molecule has 3 rings (SSSR count). The van der Waals surface area contributed by atoms with Crippen molar-refractivity contribution in [1.82, 2.24) is 14.9 Å². The Bertz CT molecular complexity index is 744. The third-order valence-electron chi connectivity index (χ3n) is 4.48. The number of rotatable bonds is 5. The number of carbonyl (C=O) groups excluding carboxylic acids is 1. The number of nitrogens with zero attached hydrogens (tertiary/aromatic N) is 3. The second-order valence-electron chi connectivity index (χ2n) is 6.41. The van der Waals surface area contributed by atoms with E-state index in [0.717, 1.165) is 37.9 Å². The SMILES string of the molecule is O=C(c1cnc(NCCc2ccc(Cl)cc2Cl)cn1)N1CCCCCC1. The van der Waals surface area contributed by atoms with Gasteiger partial charge in [0.25, 0.3) is 5.91 Å². The van der Waals surface area contributed by atoms with Gasteiger partial charge in [-0.2, -0.15) is 0 Å². The zero-order valence-corrected chi connectivity index (χ0v) is 16.1. The highest BCUT2D eigenvalue weighted by Crippen LogP contribution is 2.21. The second-order valence-corrected chi connectivity index (χ2v) is 7.25. The maximum absolute atomic E-state index is 12.5. The number of hydrogen-bond acceptors (Lipinski definition) is 4. The first-order valence-electron chi connectivity index (χ1n) is 8.92. The summed E-state index contributed by atoms with van der Waals surface area (Å²) in [5.41, 5.74) is 1.42. The van der Waals surface area contributed by atoms with E-state index in [9.17, 15) is 4.79 Å². The molecule has 7 heteroatoms. The summed E-state index contributed by atoms with van der Waals surface area (Å²) in [6.45, 7) is 2.28. The fourth-order valence-corrected chi connectivity index (χ4v) is 3.52. The molecule has 0 spiro atoms. The number of halogens is 2. The van der Waals surface area contributed by atoms with Crippen molar-refractivity contribution in [3.63, 3.8) is 0 Å². The van der Waals surface area contributed by atoms with Gasteiger partial charge in [0.2, 0.25) is 0 Å². The van der Waals surface area contributed by atoms with Gasteiger partial charge in [-0.25, -0.2) is 9.97 Å². The van der Waals surface area contributed by atoms with Crippen LogP contribution in [0, 0.1) is 0 Å². The van der Waals surface area contributed by atoms with E-state index in [2.05, 4.69) is 15.3 Å². The summed E-state index contributed by atoms with van der Waals surface area (Å²) >= 11 is 12.1. The zero-order chi connectivity index (χ0) is 18.4. The Hall–Kier alpha value is -1.85. The van der Waals surface area contributed by atoms with Gasteiger partial charge >= 0.3 is 0 Å². The van der Waals surface area contributed by atoms with Crippen molar-refractivity contribution in [1.29, 1.82) is 0 Å². The summed E-state index contributed by atoms with van der Waals surface area (Å²) < 4.78 is 0. The number of hydrogen-bond donors (Lipinski definition) is 1. The average Bonchev–Trinajstić information content (AvgIpc) is 2.93. The summed E-state index contributed by atoms with van der Waals surface area (Å²) in [5, 5.41) is 4.48. The molecule has 0 atom stereocenters. The highest BCUT2D eigenvalue weighted by Gasteiger charge is 2.18. The quantitative estimate of drug-likeness (QED) is 0.815. The summed E-state index contributed by atoms with van der Waals surface area (Å²) in [6.07, 6.45) is 8.40. The Balaban J connectivity index is 1.53. The standard InChI is InChI=1S/C19H22Cl2N4O/c20-15-6-5-14(16(21)11-15)7-8-22-18-13-23-17(12-24-18)19(26)25-9-3-1-2-4-10-25/h5-6,11-13H,1-4,7-10H2,(H,22,24). The van der Waals surface area contributed by atoms with Crippen LogP contribution in [-0.4, -0.2) is 40.4 Å². The molecular formula is C19H22Cl2N4O. The average molecular weight is 393 g/mol. The number of anilines is 1. The van der Waals surface area contributed by atoms with Crippen LogP contribution in [0.2, 0.25) is 10.0 Å². The van der Waals surface area contributed by atoms with Gasteiger partial charge in [-0.1, -0.05) is 42.1 Å². The van der Waals surface area contributed by atoms with Gasteiger partial charge in [0.1, 0.15) is 11.5 Å². The molecule has 1 amide bonds. The molecule has 1 aromatic carbocycles. The largest absolute Gasteiger partial charge is 0.368 e. The molecule has 0 unspecified atom stereocenters. The van der Waals surface area contributed by atoms with E-state index in [0.29, 0.717) is 28.1 Å². The predicted molar refractivity (Wildman–Crippen MR) is 105 cm³/mol. The van der Waals surface area contributed by atoms with Crippen LogP contribution in [0.1, 0.15) is 41.7 Å². The lowest BCUT2D eigenvalue weighted by Crippen LogP contribution is -2.32. The number of amides is 1. The molecule has 2 aromatic rings. The van der Waals surface area contributed by atoms with Gasteiger partial charge < -0.3 is 10.2 Å². The molecule has 0 saturated carbocycles. The van der Waals surface area contributed by atoms with Crippen LogP contribution < -0.4 is 5.32 Å². The van der Waals surface area contributed by atoms with Gasteiger partial charge in [-0.3, -0.25) is 4.79 Å². The monoisotopic (exact) mass is 392 g/mol. The molecule has 1 aromatic heterocycles. The van der Waals surface area contributed by atoms with Crippen molar-refractivity contribution in [3.05, 3.63) is 51.9 Å². The third kappa shape index (κ3) is 5.08. The summed E-state index contributed by atoms with van der Waals surface area (Å²) in [4.78, 5) is 23.0. The summed E-state index contributed by atoms with van der Waals surface area (Å²) in [5.74, 6) is 0.612. The van der Waals surface area contributed by atoms with Crippen molar-refractivity contribution < 1.29 is 4.79 Å². The maximum Gasteiger partial charge on any atom is 0.274 e. The van der Waals surface area contributed by atoms with Crippen LogP contribution in [0.5, 0.6) is 0 Å². The van der Waals surface area contributed by atoms with Crippen LogP contribution in [0.3, 0.4) is 0 Å². The van der Waals surface area contributed by atoms with Gasteiger partial charge in [0, 0.05) is 29.7 Å². The number of benzene rings is 1. The minimum absolute atomic E-state index is 0.0288. The van der Waals surface area contributed by atoms with Crippen molar-refractivity contribution in [2.45, 2.75) is 32.1 Å². The molecule has 0 radical (unpaired) electrons. The zero-order valence-electron chi connectivity index (χ0n) is 14.5. The molecule has 0 aliphatic carbocycles. The molecular weight excluding hydrogens is 371 g/mol. The number of aromatic nitrogens is 2. The van der Waals surface area contributed by atoms with Gasteiger partial charge in [-0.05, 0) is 37.0 Å². The topological polar surface area (TPSA) is 58.1 Å². The van der Waals surface area contributed by atoms with Gasteiger partial charge in [0.15, 0.2) is 0 Å². The van der Waals surface area contributed by atoms with Crippen LogP contribution >= 0.6 is 23.2 Å². The Morgan fingerprint density at radius 2 is 1.85 bits per heavy atom. The van der Waals surface area contributed by atoms with E-state index in [-0.39, 0.29) is 5.91 Å². The van der Waals surface area contributed by atoms with Crippen molar-refractivity contribution in [3.8, 4) is 0 Å². The van der Waals surface area contributed by atoms with E-state index < -0.39 is 0 Å². The van der Waals surface area contributed by atoms with Gasteiger partial charge in [-0.15, -0.1) is 0 Å². The molecule has 1 N–H and O–H groups in total. The lowest BCUT2D eigenvalue weighted by atomic mass is 10.1. The van der Waals surface area contributed by atoms with E-state index >= 15 is 0 Å². The third-order valence-corrected chi connectivity index (χ3v) is 5.07. The van der Waals surface area contributed by atoms with Crippen LogP contribution in [0.25, 0.3) is 0 Å². The highest BCUT2D eigenvalue weighted by molar-refractivity contribution is 6.35. The van der Waals surface area contributed by atoms with E-state index in [1.807, 2.05) is 17.0 Å². The Labute approximate surface area is 163 Å². The molecule has 0 bridgehead atoms. The minimum atomic E-state index is -0.0288. The van der Waals surface area contributed by atoms with Gasteiger partial charge in [0.05, 0.1) is 12.4 Å². The molecule has 1 saturated heterocycles. The van der Waals surface area contributed by atoms with E-state index in [4.69, 9.17) is 23.2 Å². The minimum Gasteiger partial charge on any atom is -0.368 e. The molecule has 1 aliphatic heterocycles. The summed E-state index contributed by atoms with van der Waals surface area (Å²) in [7, 11) is 0. The highest BCUT2D eigenvalue weighted by atomic mass is 35.5. The molecule has 1 fully saturated rings. The Morgan fingerprint density at radius 3 is 2.50 bits per heavy atom. The smallest absolute Gasteiger partial charge is 0.274 e. The fraction of sp³-hybridized carbons (Fsp3) is 0.421. The number of nitrogens with one attached hydrogen (secondary N) is 1. The molecule has 5 nitrogen and oxygen atoms in total. The first-order chi connectivity index (χ1) is 12.6. The van der Waals surface area contributed by atoms with Crippen molar-refractivity contribution in [2.75, 3.05) is 25.0 Å². The molecule has 2 heterocycles. The normalized spacial score (nSPS) is 14.8. The maximum atomic E-state index is 12.5. The summed E-state index contributed by atoms with van der Waals surface area (Å²) in [6, 6.07) is 5.48. The first kappa shape index (κ1) is 18.9. The van der Waals surface area contributed by atoms with Crippen LogP contribution in [0.4, 0.5) is 5.82 Å². The Morgan fingerprint density at radius 1 is 1.08 bits per heavy atom. The second kappa shape index (κ2) is 9.19. The van der Waals surface area contributed by atoms with E-state index in [1.165, 1.54) is 12.8 Å². The van der Waals surface area contributed by atoms with Crippen LogP contribution in [0.15, 0.2) is 30.6 Å². The lowest BCUT2D eigenvalue weighted by molar-refractivity contribution is 0.0755. The predicted octanol–water partition coefficient (Wildman–Crippen LogP) is 4.45. The molecule has 26 heavy (non-hydrogen) atoms. The fourth-order valence-electron chi connectivity index (χ4n) is 3.02. The number of carbonyl (C=O) groups is 1. The lowest BCUT2D eigenvalue weighted by Gasteiger charge is -2.19. The number of likely N-dealkylation sites (tertiary alicyclic amines) is 1. The molecule has 138 valence electrons. The van der Waals surface area contributed by atoms with Crippen LogP contribution in [-0.2, 0) is 6.42 Å². The van der Waals surface area contributed by atoms with Crippen molar-refractivity contribution in [2.24, 2.45) is 0 Å². The van der Waals surface area contributed by atoms with E-state index in [1.54, 1.807) is 18.5 Å².